The van der Waals surface area contributed by atoms with Gasteiger partial charge in [0.2, 0.25) is 0 Å². The molecule has 19 heteroatoms. The highest BCUT2D eigenvalue weighted by Crippen LogP contribution is 2.39. The minimum absolute atomic E-state index is 0.00366. The monoisotopic (exact) mass is 621 g/mol. The van der Waals surface area contributed by atoms with Gasteiger partial charge < -0.3 is 15.0 Å². The van der Waals surface area contributed by atoms with Crippen LogP contribution in [0.1, 0.15) is 64.2 Å². The molecule has 0 saturated heterocycles. The predicted octanol–water partition coefficient (Wildman–Crippen LogP) is 3.32. The zero-order chi connectivity index (χ0) is 31.2. The Bertz CT molecular complexity index is 1630. The molecular weight excluding hydrogens is 600 g/mol. The normalized spacial score (nSPS) is 14.8. The number of alkyl halides is 6. The molecule has 1 aromatic carbocycles. The van der Waals surface area contributed by atoms with Gasteiger partial charge in [0, 0.05) is 31.6 Å². The van der Waals surface area contributed by atoms with Crippen molar-refractivity contribution < 1.29 is 49.1 Å². The van der Waals surface area contributed by atoms with E-state index in [4.69, 9.17) is 0 Å². The number of halogens is 6. The van der Waals surface area contributed by atoms with Crippen molar-refractivity contribution >= 4 is 21.7 Å². The Kier molecular flexibility index (Phi) is 7.92. The van der Waals surface area contributed by atoms with Gasteiger partial charge in [-0.3, -0.25) is 9.59 Å². The van der Waals surface area contributed by atoms with Gasteiger partial charge in [-0.2, -0.15) is 17.9 Å². The fourth-order valence-electron chi connectivity index (χ4n) is 3.64. The van der Waals surface area contributed by atoms with Crippen molar-refractivity contribution in [1.29, 1.82) is 0 Å². The third-order valence-corrected chi connectivity index (χ3v) is 7.28. The largest absolute Gasteiger partial charge is 0.573 e. The van der Waals surface area contributed by atoms with Gasteiger partial charge in [-0.1, -0.05) is 0 Å². The first-order valence-corrected chi connectivity index (χ1v) is 13.4. The molecule has 226 valence electrons. The first kappa shape index (κ1) is 30.7. The Hall–Kier alpha value is -4.29. The Morgan fingerprint density at radius 1 is 1.07 bits per heavy atom. The number of rotatable bonds is 8. The summed E-state index contributed by atoms with van der Waals surface area (Å²) in [7, 11) is -3.13. The van der Waals surface area contributed by atoms with E-state index in [1.807, 2.05) is 0 Å². The van der Waals surface area contributed by atoms with Crippen LogP contribution in [0.3, 0.4) is 0 Å². The molecule has 0 unspecified atom stereocenters. The van der Waals surface area contributed by atoms with E-state index >= 15 is 0 Å². The van der Waals surface area contributed by atoms with Crippen LogP contribution in [0, 0.1) is 0 Å². The number of hydrogen-bond acceptors (Lipinski definition) is 9. The van der Waals surface area contributed by atoms with Crippen molar-refractivity contribution in [2.45, 2.75) is 48.5 Å². The number of ether oxygens (including phenoxy) is 1. The van der Waals surface area contributed by atoms with Gasteiger partial charge in [0.25, 0.3) is 21.7 Å². The van der Waals surface area contributed by atoms with Crippen LogP contribution in [-0.2, 0) is 9.84 Å². The number of hydrogen-bond donors (Lipinski definition) is 1. The molecule has 42 heavy (non-hydrogen) atoms. The third kappa shape index (κ3) is 6.60. The Labute approximate surface area is 233 Å². The van der Waals surface area contributed by atoms with Crippen LogP contribution in [0.25, 0.3) is 5.82 Å². The van der Waals surface area contributed by atoms with Crippen LogP contribution >= 0.6 is 0 Å². The summed E-state index contributed by atoms with van der Waals surface area (Å²) in [6.45, 7) is 1.39. The topological polar surface area (TPSA) is 149 Å². The number of aromatic nitrogens is 5. The van der Waals surface area contributed by atoms with Gasteiger partial charge in [-0.25, -0.2) is 23.4 Å². The molecule has 1 fully saturated rings. The van der Waals surface area contributed by atoms with Crippen molar-refractivity contribution in [3.8, 4) is 11.6 Å². The molecule has 0 spiro atoms. The molecular formula is C23H21F6N7O5S. The van der Waals surface area contributed by atoms with Crippen LogP contribution in [0.4, 0.5) is 26.3 Å². The SMILES string of the molecule is C[C@H](NC(=O)c1cc(OC(F)(F)F)cc(S(=O)(=O)C(F)(F)F)c1)c1nc(C2CC2)nn1-c1cc(C(=O)N(C)C)ncn1. The molecule has 2 amide bonds. The van der Waals surface area contributed by atoms with Crippen molar-refractivity contribution in [3.63, 3.8) is 0 Å². The summed E-state index contributed by atoms with van der Waals surface area (Å²) in [6, 6.07) is 0.942. The number of carbonyl (C=O) groups is 2. The standard InChI is InChI=1S/C23H21F6N7O5S/c1-11(19-33-18(12-4-5-12)34-36(19)17-9-16(30-10-31-17)21(38)35(2)3)32-20(37)13-6-14(41-22(24,25)26)8-15(7-13)42(39,40)23(27,28)29/h6-12H,4-5H2,1-3H3,(H,32,37)/t11-/m0/s1. The maximum atomic E-state index is 13.2. The molecule has 3 aromatic rings. The van der Waals surface area contributed by atoms with E-state index in [1.165, 1.54) is 36.7 Å². The molecule has 0 aliphatic heterocycles. The molecule has 1 atom stereocenters. The zero-order valence-electron chi connectivity index (χ0n) is 21.9. The lowest BCUT2D eigenvalue weighted by atomic mass is 10.2. The van der Waals surface area contributed by atoms with Crippen molar-refractivity contribution in [2.24, 2.45) is 0 Å². The molecule has 0 bridgehead atoms. The fourth-order valence-corrected chi connectivity index (χ4v) is 4.46. The summed E-state index contributed by atoms with van der Waals surface area (Å²) in [5.74, 6) is -2.53. The molecule has 1 saturated carbocycles. The predicted molar refractivity (Wildman–Crippen MR) is 129 cm³/mol. The second-order valence-electron chi connectivity index (χ2n) is 9.36. The van der Waals surface area contributed by atoms with Gasteiger partial charge in [0.05, 0.1) is 10.9 Å². The van der Waals surface area contributed by atoms with Crippen molar-refractivity contribution in [1.82, 2.24) is 34.9 Å². The van der Waals surface area contributed by atoms with Crippen molar-refractivity contribution in [2.75, 3.05) is 14.1 Å². The number of nitrogens with zero attached hydrogens (tertiary/aromatic N) is 6. The average Bonchev–Trinajstić information content (AvgIpc) is 3.64. The molecule has 0 radical (unpaired) electrons. The van der Waals surface area contributed by atoms with E-state index < -0.39 is 55.8 Å². The van der Waals surface area contributed by atoms with E-state index in [0.717, 1.165) is 19.2 Å². The molecule has 2 heterocycles. The first-order valence-electron chi connectivity index (χ1n) is 11.9. The summed E-state index contributed by atoms with van der Waals surface area (Å²) in [6.07, 6.45) is -2.74. The van der Waals surface area contributed by atoms with E-state index in [2.05, 4.69) is 30.1 Å². The Morgan fingerprint density at radius 2 is 1.74 bits per heavy atom. The van der Waals surface area contributed by atoms with Crippen LogP contribution in [0.2, 0.25) is 0 Å². The lowest BCUT2D eigenvalue weighted by Gasteiger charge is -2.17. The Balaban J connectivity index is 1.71. The lowest BCUT2D eigenvalue weighted by Crippen LogP contribution is -2.30. The Morgan fingerprint density at radius 3 is 2.31 bits per heavy atom. The first-order chi connectivity index (χ1) is 19.4. The zero-order valence-corrected chi connectivity index (χ0v) is 22.7. The van der Waals surface area contributed by atoms with Crippen LogP contribution in [0.5, 0.6) is 5.75 Å². The van der Waals surface area contributed by atoms with Gasteiger partial charge in [0.15, 0.2) is 17.5 Å². The number of sulfone groups is 1. The van der Waals surface area contributed by atoms with Crippen LogP contribution in [0.15, 0.2) is 35.5 Å². The quantitative estimate of drug-likeness (QED) is 0.374. The minimum Gasteiger partial charge on any atom is -0.406 e. The summed E-state index contributed by atoms with van der Waals surface area (Å²) in [4.78, 5) is 37.5. The number of amides is 2. The van der Waals surface area contributed by atoms with E-state index in [1.54, 1.807) is 0 Å². The number of nitrogens with one attached hydrogen (secondary N) is 1. The summed E-state index contributed by atoms with van der Waals surface area (Å²) < 4.78 is 107. The van der Waals surface area contributed by atoms with Gasteiger partial charge >= 0.3 is 11.9 Å². The average molecular weight is 622 g/mol. The summed E-state index contributed by atoms with van der Waals surface area (Å²) in [5.41, 5.74) is -6.73. The van der Waals surface area contributed by atoms with E-state index in [9.17, 15) is 44.3 Å². The van der Waals surface area contributed by atoms with Crippen LogP contribution in [-0.4, -0.2) is 75.8 Å². The molecule has 1 aliphatic carbocycles. The highest BCUT2D eigenvalue weighted by atomic mass is 32.2. The van der Waals surface area contributed by atoms with Gasteiger partial charge in [-0.05, 0) is 38.0 Å². The van der Waals surface area contributed by atoms with Crippen molar-refractivity contribution in [3.05, 3.63) is 53.5 Å². The molecule has 2 aromatic heterocycles. The number of benzene rings is 1. The molecule has 1 N–H and O–H groups in total. The third-order valence-electron chi connectivity index (χ3n) is 5.81. The molecule has 12 nitrogen and oxygen atoms in total. The van der Waals surface area contributed by atoms with E-state index in [-0.39, 0.29) is 35.4 Å². The second-order valence-corrected chi connectivity index (χ2v) is 11.3. The number of carbonyl (C=O) groups excluding carboxylic acids is 2. The molecule has 4 rings (SSSR count). The maximum absolute atomic E-state index is 13.2. The van der Waals surface area contributed by atoms with Gasteiger partial charge in [-0.15, -0.1) is 18.3 Å². The fraction of sp³-hybridized carbons (Fsp3) is 0.391. The maximum Gasteiger partial charge on any atom is 0.573 e. The summed E-state index contributed by atoms with van der Waals surface area (Å²) >= 11 is 0. The van der Waals surface area contributed by atoms with Crippen LogP contribution < -0.4 is 10.1 Å². The van der Waals surface area contributed by atoms with E-state index in [0.29, 0.717) is 11.9 Å². The smallest absolute Gasteiger partial charge is 0.406 e. The van der Waals surface area contributed by atoms with Gasteiger partial charge in [0.1, 0.15) is 17.8 Å². The summed E-state index contributed by atoms with van der Waals surface area (Å²) in [5, 5.41) is 6.77. The molecule has 1 aliphatic rings. The lowest BCUT2D eigenvalue weighted by molar-refractivity contribution is -0.274. The minimum atomic E-state index is -6.15. The highest BCUT2D eigenvalue weighted by molar-refractivity contribution is 7.92. The second kappa shape index (κ2) is 10.8. The highest BCUT2D eigenvalue weighted by Gasteiger charge is 2.47.